The number of rotatable bonds is 10. The molecule has 3 heteroatoms. The van der Waals surface area contributed by atoms with E-state index in [0.29, 0.717) is 22.0 Å². The van der Waals surface area contributed by atoms with E-state index in [9.17, 15) is 10.2 Å². The van der Waals surface area contributed by atoms with Crippen LogP contribution in [0.15, 0.2) is 48.5 Å². The molecule has 0 spiro atoms. The smallest absolute Gasteiger partial charge is 0.115 e. The van der Waals surface area contributed by atoms with Crippen molar-refractivity contribution in [2.24, 2.45) is 0 Å². The van der Waals surface area contributed by atoms with Gasteiger partial charge in [-0.05, 0) is 48.2 Å². The summed E-state index contributed by atoms with van der Waals surface area (Å²) in [6.45, 7) is 4.43. The molecule has 2 rings (SSSR count). The van der Waals surface area contributed by atoms with E-state index in [1.54, 1.807) is 12.1 Å². The van der Waals surface area contributed by atoms with Crippen LogP contribution in [0.2, 0.25) is 0 Å². The molecule has 0 radical (unpaired) electrons. The highest BCUT2D eigenvalue weighted by molar-refractivity contribution is 7.99. The molecule has 0 fully saturated rings. The van der Waals surface area contributed by atoms with Crippen molar-refractivity contribution in [1.82, 2.24) is 0 Å². The van der Waals surface area contributed by atoms with Crippen molar-refractivity contribution >= 4 is 11.8 Å². The van der Waals surface area contributed by atoms with Crippen LogP contribution in [0.4, 0.5) is 0 Å². The first-order chi connectivity index (χ1) is 12.1. The van der Waals surface area contributed by atoms with Crippen LogP contribution in [-0.4, -0.2) is 10.2 Å². The summed E-state index contributed by atoms with van der Waals surface area (Å²) >= 11 is 1.97. The van der Waals surface area contributed by atoms with Crippen LogP contribution in [-0.2, 0) is 0 Å². The average molecular weight is 359 g/mol. The predicted octanol–water partition coefficient (Wildman–Crippen LogP) is 6.99. The van der Waals surface area contributed by atoms with Gasteiger partial charge < -0.3 is 10.2 Å². The van der Waals surface area contributed by atoms with Crippen LogP contribution in [0.5, 0.6) is 11.5 Å². The van der Waals surface area contributed by atoms with Crippen LogP contribution in [0.1, 0.15) is 74.0 Å². The Hall–Kier alpha value is -1.61. The highest BCUT2D eigenvalue weighted by Crippen LogP contribution is 2.46. The van der Waals surface area contributed by atoms with Gasteiger partial charge in [-0.2, -0.15) is 0 Å². The van der Waals surface area contributed by atoms with Crippen molar-refractivity contribution in [3.63, 3.8) is 0 Å². The molecule has 25 heavy (non-hydrogen) atoms. The molecule has 0 saturated heterocycles. The van der Waals surface area contributed by atoms with Gasteiger partial charge in [-0.1, -0.05) is 63.8 Å². The molecule has 0 bridgehead atoms. The zero-order chi connectivity index (χ0) is 18.1. The molecule has 2 N–H and O–H groups in total. The molecule has 0 heterocycles. The Labute approximate surface area is 156 Å². The molecule has 0 aliphatic heterocycles. The molecule has 0 aliphatic rings. The van der Waals surface area contributed by atoms with E-state index < -0.39 is 0 Å². The number of hydrogen-bond acceptors (Lipinski definition) is 3. The SMILES string of the molecule is CCCCC(SC(CCCC)c1cccc(O)c1)c1cccc(O)c1. The second-order valence-electron chi connectivity index (χ2n) is 6.59. The van der Waals surface area contributed by atoms with Gasteiger partial charge in [-0.15, -0.1) is 11.8 Å². The third-order valence-electron chi connectivity index (χ3n) is 4.45. The number of phenols is 2. The van der Waals surface area contributed by atoms with Crippen molar-refractivity contribution < 1.29 is 10.2 Å². The summed E-state index contributed by atoms with van der Waals surface area (Å²) in [4.78, 5) is 0. The minimum Gasteiger partial charge on any atom is -0.508 e. The molecule has 2 unspecified atom stereocenters. The van der Waals surface area contributed by atoms with Gasteiger partial charge in [0.15, 0.2) is 0 Å². The van der Waals surface area contributed by atoms with Crippen molar-refractivity contribution in [2.45, 2.75) is 62.9 Å². The van der Waals surface area contributed by atoms with Crippen LogP contribution in [0.3, 0.4) is 0 Å². The standard InChI is InChI=1S/C22H30O2S/c1-3-5-13-21(17-9-7-11-19(23)15-17)25-22(14-6-4-2)18-10-8-12-20(24)16-18/h7-12,15-16,21-24H,3-6,13-14H2,1-2H3. The summed E-state index contributed by atoms with van der Waals surface area (Å²) in [5.74, 6) is 0.670. The van der Waals surface area contributed by atoms with E-state index in [2.05, 4.69) is 26.0 Å². The number of phenolic OH excluding ortho intramolecular Hbond substituents is 2. The molecule has 0 aliphatic carbocycles. The fourth-order valence-corrected chi connectivity index (χ4v) is 4.66. The van der Waals surface area contributed by atoms with Crippen molar-refractivity contribution in [2.75, 3.05) is 0 Å². The summed E-state index contributed by atoms with van der Waals surface area (Å²) in [5.41, 5.74) is 2.39. The van der Waals surface area contributed by atoms with Crippen LogP contribution < -0.4 is 0 Å². The molecule has 2 aromatic rings. The van der Waals surface area contributed by atoms with Gasteiger partial charge >= 0.3 is 0 Å². The average Bonchev–Trinajstić information content (AvgIpc) is 2.61. The van der Waals surface area contributed by atoms with E-state index in [1.807, 2.05) is 36.0 Å². The van der Waals surface area contributed by atoms with Gasteiger partial charge in [0, 0.05) is 10.5 Å². The Kier molecular flexibility index (Phi) is 8.20. The zero-order valence-electron chi connectivity index (χ0n) is 15.3. The Bertz CT molecular complexity index is 586. The summed E-state index contributed by atoms with van der Waals surface area (Å²) in [6.07, 6.45) is 6.89. The van der Waals surface area contributed by atoms with Gasteiger partial charge in [0.2, 0.25) is 0 Å². The zero-order valence-corrected chi connectivity index (χ0v) is 16.1. The van der Waals surface area contributed by atoms with Crippen LogP contribution >= 0.6 is 11.8 Å². The van der Waals surface area contributed by atoms with Crippen molar-refractivity contribution in [3.05, 3.63) is 59.7 Å². The second kappa shape index (κ2) is 10.4. The molecule has 136 valence electrons. The minimum atomic E-state index is 0.335. The lowest BCUT2D eigenvalue weighted by molar-refractivity contribution is 0.474. The normalized spacial score (nSPS) is 13.5. The summed E-state index contributed by atoms with van der Waals surface area (Å²) in [6, 6.07) is 15.3. The predicted molar refractivity (Wildman–Crippen MR) is 108 cm³/mol. The third kappa shape index (κ3) is 6.32. The maximum Gasteiger partial charge on any atom is 0.115 e. The molecule has 2 atom stereocenters. The third-order valence-corrected chi connectivity index (χ3v) is 6.13. The first-order valence-electron chi connectivity index (χ1n) is 9.37. The second-order valence-corrected chi connectivity index (χ2v) is 8.00. The van der Waals surface area contributed by atoms with Gasteiger partial charge in [0.25, 0.3) is 0 Å². The largest absolute Gasteiger partial charge is 0.508 e. The fraction of sp³-hybridized carbons (Fsp3) is 0.455. The topological polar surface area (TPSA) is 40.5 Å². The van der Waals surface area contributed by atoms with E-state index in [4.69, 9.17) is 0 Å². The summed E-state index contributed by atoms with van der Waals surface area (Å²) in [7, 11) is 0. The molecule has 0 amide bonds. The van der Waals surface area contributed by atoms with Crippen molar-refractivity contribution in [1.29, 1.82) is 0 Å². The van der Waals surface area contributed by atoms with Gasteiger partial charge in [-0.3, -0.25) is 0 Å². The van der Waals surface area contributed by atoms with Gasteiger partial charge in [0.05, 0.1) is 0 Å². The first kappa shape index (κ1) is 19.7. The molecule has 2 nitrogen and oxygen atoms in total. The minimum absolute atomic E-state index is 0.335. The Morgan fingerprint density at radius 3 is 1.56 bits per heavy atom. The van der Waals surface area contributed by atoms with Gasteiger partial charge in [0.1, 0.15) is 11.5 Å². The molecule has 0 saturated carbocycles. The monoisotopic (exact) mass is 358 g/mol. The van der Waals surface area contributed by atoms with E-state index in [-0.39, 0.29) is 0 Å². The molecular formula is C22H30O2S. The van der Waals surface area contributed by atoms with Gasteiger partial charge in [-0.25, -0.2) is 0 Å². The Balaban J connectivity index is 2.24. The molecule has 2 aromatic carbocycles. The summed E-state index contributed by atoms with van der Waals surface area (Å²) in [5, 5.41) is 20.5. The lowest BCUT2D eigenvalue weighted by Crippen LogP contribution is -2.01. The van der Waals surface area contributed by atoms with E-state index in [1.165, 1.54) is 36.8 Å². The molecule has 0 aromatic heterocycles. The fourth-order valence-electron chi connectivity index (χ4n) is 3.05. The molecular weight excluding hydrogens is 328 g/mol. The summed E-state index contributed by atoms with van der Waals surface area (Å²) < 4.78 is 0. The maximum atomic E-state index is 9.87. The number of thioether (sulfide) groups is 1. The maximum absolute atomic E-state index is 9.87. The van der Waals surface area contributed by atoms with E-state index >= 15 is 0 Å². The lowest BCUT2D eigenvalue weighted by atomic mass is 10.1. The van der Waals surface area contributed by atoms with Crippen LogP contribution in [0, 0.1) is 0 Å². The Morgan fingerprint density at radius 2 is 1.20 bits per heavy atom. The lowest BCUT2D eigenvalue weighted by Gasteiger charge is -2.24. The number of hydrogen-bond donors (Lipinski definition) is 2. The first-order valence-corrected chi connectivity index (χ1v) is 10.3. The highest BCUT2D eigenvalue weighted by Gasteiger charge is 2.20. The highest BCUT2D eigenvalue weighted by atomic mass is 32.2. The van der Waals surface area contributed by atoms with Crippen LogP contribution in [0.25, 0.3) is 0 Å². The number of benzene rings is 2. The quantitative estimate of drug-likeness (QED) is 0.480. The Morgan fingerprint density at radius 1 is 0.760 bits per heavy atom. The van der Waals surface area contributed by atoms with E-state index in [0.717, 1.165) is 12.8 Å². The number of unbranched alkanes of at least 4 members (excludes halogenated alkanes) is 2. The van der Waals surface area contributed by atoms with Crippen molar-refractivity contribution in [3.8, 4) is 11.5 Å². The number of aromatic hydroxyl groups is 2.